The average Bonchev–Trinajstić information content (AvgIpc) is 2.33. The Bertz CT molecular complexity index is 353. The molecule has 1 saturated heterocycles. The van der Waals surface area contributed by atoms with Crippen molar-refractivity contribution >= 4 is 29.1 Å². The Kier molecular flexibility index (Phi) is 4.24. The first-order valence-corrected chi connectivity index (χ1v) is 7.00. The summed E-state index contributed by atoms with van der Waals surface area (Å²) >= 11 is 8.15. The fourth-order valence-electron chi connectivity index (χ4n) is 1.82. The molecule has 0 spiro atoms. The van der Waals surface area contributed by atoms with Crippen molar-refractivity contribution in [2.75, 3.05) is 23.9 Å². The summed E-state index contributed by atoms with van der Waals surface area (Å²) in [4.78, 5) is 0. The highest BCUT2D eigenvalue weighted by Crippen LogP contribution is 2.29. The number of methoxy groups -OCH3 is 1. The summed E-state index contributed by atoms with van der Waals surface area (Å²) in [6.45, 7) is 0. The molecule has 88 valence electrons. The second-order valence-electron chi connectivity index (χ2n) is 3.90. The Balaban J connectivity index is 2.06. The maximum atomic E-state index is 6.15. The summed E-state index contributed by atoms with van der Waals surface area (Å²) in [5, 5.41) is 4.25. The molecule has 1 aromatic rings. The summed E-state index contributed by atoms with van der Waals surface area (Å²) in [5.41, 5.74) is 0.980. The van der Waals surface area contributed by atoms with E-state index in [0.29, 0.717) is 6.04 Å². The Morgan fingerprint density at radius 3 is 3.06 bits per heavy atom. The highest BCUT2D eigenvalue weighted by Gasteiger charge is 2.14. The number of benzene rings is 1. The Morgan fingerprint density at radius 2 is 2.38 bits per heavy atom. The van der Waals surface area contributed by atoms with Gasteiger partial charge in [0.25, 0.3) is 0 Å². The van der Waals surface area contributed by atoms with E-state index in [9.17, 15) is 0 Å². The third-order valence-electron chi connectivity index (χ3n) is 2.69. The number of nitrogens with one attached hydrogen (secondary N) is 1. The first-order chi connectivity index (χ1) is 7.79. The molecule has 2 rings (SSSR count). The predicted octanol–water partition coefficient (Wildman–Crippen LogP) is 3.66. The average molecular weight is 258 g/mol. The lowest BCUT2D eigenvalue weighted by Gasteiger charge is -2.24. The van der Waals surface area contributed by atoms with Gasteiger partial charge in [0.2, 0.25) is 0 Å². The molecule has 0 radical (unpaired) electrons. The molecule has 0 bridgehead atoms. The van der Waals surface area contributed by atoms with Crippen LogP contribution in [0, 0.1) is 0 Å². The van der Waals surface area contributed by atoms with Gasteiger partial charge in [0.05, 0.1) is 17.8 Å². The van der Waals surface area contributed by atoms with Crippen molar-refractivity contribution in [1.29, 1.82) is 0 Å². The van der Waals surface area contributed by atoms with Crippen LogP contribution in [0.2, 0.25) is 5.02 Å². The van der Waals surface area contributed by atoms with Crippen LogP contribution in [-0.2, 0) is 0 Å². The third kappa shape index (κ3) is 2.98. The smallest absolute Gasteiger partial charge is 0.121 e. The van der Waals surface area contributed by atoms with E-state index in [0.717, 1.165) is 22.2 Å². The van der Waals surface area contributed by atoms with Crippen molar-refractivity contribution in [2.24, 2.45) is 0 Å². The molecule has 1 aliphatic heterocycles. The SMILES string of the molecule is COc1ccc(Cl)c(NC2CCCSC2)c1. The standard InChI is InChI=1S/C12H16ClNOS/c1-15-10-4-5-11(13)12(7-10)14-9-3-2-6-16-8-9/h4-5,7,9,14H,2-3,6,8H2,1H3. The normalized spacial score (nSPS) is 20.5. The number of ether oxygens (including phenoxy) is 1. The molecule has 1 fully saturated rings. The molecule has 0 aliphatic carbocycles. The van der Waals surface area contributed by atoms with Crippen LogP contribution < -0.4 is 10.1 Å². The van der Waals surface area contributed by atoms with E-state index in [1.807, 2.05) is 30.0 Å². The van der Waals surface area contributed by atoms with Crippen LogP contribution >= 0.6 is 23.4 Å². The highest BCUT2D eigenvalue weighted by molar-refractivity contribution is 7.99. The molecule has 0 aromatic heterocycles. The molecule has 0 saturated carbocycles. The number of halogens is 1. The van der Waals surface area contributed by atoms with Gasteiger partial charge in [-0.05, 0) is 30.7 Å². The molecule has 1 N–H and O–H groups in total. The first-order valence-electron chi connectivity index (χ1n) is 5.47. The maximum absolute atomic E-state index is 6.15. The molecule has 0 amide bonds. The van der Waals surface area contributed by atoms with E-state index >= 15 is 0 Å². The number of rotatable bonds is 3. The van der Waals surface area contributed by atoms with Crippen molar-refractivity contribution in [3.05, 3.63) is 23.2 Å². The minimum Gasteiger partial charge on any atom is -0.497 e. The first kappa shape index (κ1) is 11.9. The van der Waals surface area contributed by atoms with Crippen molar-refractivity contribution in [2.45, 2.75) is 18.9 Å². The second-order valence-corrected chi connectivity index (χ2v) is 5.46. The predicted molar refractivity (Wildman–Crippen MR) is 72.0 cm³/mol. The lowest BCUT2D eigenvalue weighted by Crippen LogP contribution is -2.25. The summed E-state index contributed by atoms with van der Waals surface area (Å²) in [5.74, 6) is 3.28. The Labute approximate surface area is 106 Å². The highest BCUT2D eigenvalue weighted by atomic mass is 35.5. The van der Waals surface area contributed by atoms with Crippen molar-refractivity contribution in [1.82, 2.24) is 0 Å². The van der Waals surface area contributed by atoms with Crippen molar-refractivity contribution < 1.29 is 4.74 Å². The molecule has 1 atom stereocenters. The lowest BCUT2D eigenvalue weighted by atomic mass is 10.1. The summed E-state index contributed by atoms with van der Waals surface area (Å²) in [6.07, 6.45) is 2.50. The van der Waals surface area contributed by atoms with E-state index in [2.05, 4.69) is 5.32 Å². The summed E-state index contributed by atoms with van der Waals surface area (Å²) < 4.78 is 5.20. The van der Waals surface area contributed by atoms with Crippen LogP contribution in [0.1, 0.15) is 12.8 Å². The third-order valence-corrected chi connectivity index (χ3v) is 4.24. The van der Waals surface area contributed by atoms with E-state index < -0.39 is 0 Å². The Hall–Kier alpha value is -0.540. The van der Waals surface area contributed by atoms with Gasteiger partial charge in [-0.25, -0.2) is 0 Å². The van der Waals surface area contributed by atoms with Crippen LogP contribution in [0.4, 0.5) is 5.69 Å². The minimum atomic E-state index is 0.531. The van der Waals surface area contributed by atoms with E-state index in [1.54, 1.807) is 7.11 Å². The van der Waals surface area contributed by atoms with Crippen LogP contribution in [0.15, 0.2) is 18.2 Å². The number of anilines is 1. The van der Waals surface area contributed by atoms with Gasteiger partial charge in [0, 0.05) is 17.9 Å². The van der Waals surface area contributed by atoms with Gasteiger partial charge in [-0.1, -0.05) is 11.6 Å². The molecule has 1 aromatic carbocycles. The quantitative estimate of drug-likeness (QED) is 0.893. The molecule has 1 unspecified atom stereocenters. The summed E-state index contributed by atoms with van der Waals surface area (Å²) in [6, 6.07) is 6.24. The Morgan fingerprint density at radius 1 is 1.50 bits per heavy atom. The molecule has 1 heterocycles. The monoisotopic (exact) mass is 257 g/mol. The molecule has 16 heavy (non-hydrogen) atoms. The molecule has 4 heteroatoms. The largest absolute Gasteiger partial charge is 0.497 e. The zero-order chi connectivity index (χ0) is 11.4. The molecule has 2 nitrogen and oxygen atoms in total. The zero-order valence-corrected chi connectivity index (χ0v) is 10.9. The topological polar surface area (TPSA) is 21.3 Å². The van der Waals surface area contributed by atoms with Gasteiger partial charge in [0.15, 0.2) is 0 Å². The van der Waals surface area contributed by atoms with E-state index in [4.69, 9.17) is 16.3 Å². The second kappa shape index (κ2) is 5.69. The van der Waals surface area contributed by atoms with Gasteiger partial charge in [0.1, 0.15) is 5.75 Å². The van der Waals surface area contributed by atoms with E-state index in [1.165, 1.54) is 18.6 Å². The van der Waals surface area contributed by atoms with Gasteiger partial charge in [-0.3, -0.25) is 0 Å². The molecular weight excluding hydrogens is 242 g/mol. The van der Waals surface area contributed by atoms with Crippen molar-refractivity contribution in [3.8, 4) is 5.75 Å². The fourth-order valence-corrected chi connectivity index (χ4v) is 3.06. The van der Waals surface area contributed by atoms with Crippen LogP contribution in [0.5, 0.6) is 5.75 Å². The molecule has 1 aliphatic rings. The van der Waals surface area contributed by atoms with Gasteiger partial charge >= 0.3 is 0 Å². The van der Waals surface area contributed by atoms with Crippen LogP contribution in [-0.4, -0.2) is 24.7 Å². The van der Waals surface area contributed by atoms with E-state index in [-0.39, 0.29) is 0 Å². The van der Waals surface area contributed by atoms with Crippen LogP contribution in [0.3, 0.4) is 0 Å². The minimum absolute atomic E-state index is 0.531. The number of thioether (sulfide) groups is 1. The molecular formula is C12H16ClNOS. The van der Waals surface area contributed by atoms with Gasteiger partial charge in [-0.2, -0.15) is 11.8 Å². The number of hydrogen-bond acceptors (Lipinski definition) is 3. The lowest BCUT2D eigenvalue weighted by molar-refractivity contribution is 0.415. The fraction of sp³-hybridized carbons (Fsp3) is 0.500. The van der Waals surface area contributed by atoms with Crippen LogP contribution in [0.25, 0.3) is 0 Å². The summed E-state index contributed by atoms with van der Waals surface area (Å²) in [7, 11) is 1.67. The van der Waals surface area contributed by atoms with Crippen molar-refractivity contribution in [3.63, 3.8) is 0 Å². The number of hydrogen-bond donors (Lipinski definition) is 1. The van der Waals surface area contributed by atoms with Gasteiger partial charge in [-0.15, -0.1) is 0 Å². The zero-order valence-electron chi connectivity index (χ0n) is 9.33. The maximum Gasteiger partial charge on any atom is 0.121 e. The van der Waals surface area contributed by atoms with Gasteiger partial charge < -0.3 is 10.1 Å².